The fourth-order valence-corrected chi connectivity index (χ4v) is 0.838. The van der Waals surface area contributed by atoms with Gasteiger partial charge in [0.1, 0.15) is 0 Å². The molecule has 0 aliphatic heterocycles. The minimum absolute atomic E-state index is 0. The van der Waals surface area contributed by atoms with E-state index in [-0.39, 0.29) is 88.7 Å². The predicted octanol–water partition coefficient (Wildman–Crippen LogP) is -9.00. The standard InChI is InChI=1S/C9H12.3Na.H3O4P/c1-8(2)9-6-4-3-5-7-9;;;;1-5(2,3)4/h3-8H,1-2H3;;;;(H3,1,2,3,4)/q;3*+1;/p-3. The molecule has 0 aliphatic carbocycles. The second-order valence-corrected chi connectivity index (χ2v) is 3.91. The van der Waals surface area contributed by atoms with E-state index in [4.69, 9.17) is 19.2 Å². The van der Waals surface area contributed by atoms with Gasteiger partial charge in [-0.2, -0.15) is 7.82 Å². The Morgan fingerprint density at radius 1 is 0.941 bits per heavy atom. The van der Waals surface area contributed by atoms with Gasteiger partial charge >= 0.3 is 88.7 Å². The molecule has 0 radical (unpaired) electrons. The van der Waals surface area contributed by atoms with Gasteiger partial charge in [0.15, 0.2) is 0 Å². The summed E-state index contributed by atoms with van der Waals surface area (Å²) in [6.45, 7) is 4.41. The van der Waals surface area contributed by atoms with Crippen LogP contribution in [-0.4, -0.2) is 0 Å². The molecular weight excluding hydrogens is 272 g/mol. The quantitative estimate of drug-likeness (QED) is 0.378. The van der Waals surface area contributed by atoms with Crippen LogP contribution in [0.25, 0.3) is 0 Å². The van der Waals surface area contributed by atoms with Crippen molar-refractivity contribution in [1.29, 1.82) is 0 Å². The Balaban J connectivity index is -0.0000000948. The molecule has 0 fully saturated rings. The van der Waals surface area contributed by atoms with E-state index in [0.29, 0.717) is 5.92 Å². The third-order valence-electron chi connectivity index (χ3n) is 1.47. The van der Waals surface area contributed by atoms with Crippen LogP contribution in [0, 0.1) is 0 Å². The van der Waals surface area contributed by atoms with Crippen molar-refractivity contribution in [1.82, 2.24) is 0 Å². The van der Waals surface area contributed by atoms with Gasteiger partial charge in [-0.25, -0.2) is 0 Å². The van der Waals surface area contributed by atoms with E-state index in [0.717, 1.165) is 0 Å². The van der Waals surface area contributed by atoms with Gasteiger partial charge in [-0.05, 0) is 11.5 Å². The van der Waals surface area contributed by atoms with Crippen molar-refractivity contribution in [2.45, 2.75) is 19.8 Å². The first kappa shape index (κ1) is 27.6. The average molecular weight is 284 g/mol. The molecule has 0 saturated heterocycles. The maximum atomic E-state index is 8.55. The van der Waals surface area contributed by atoms with Crippen LogP contribution < -0.4 is 103 Å². The molecule has 0 aromatic heterocycles. The van der Waals surface area contributed by atoms with Gasteiger partial charge in [0.25, 0.3) is 0 Å². The summed E-state index contributed by atoms with van der Waals surface area (Å²) >= 11 is 0. The fraction of sp³-hybridized carbons (Fsp3) is 0.333. The van der Waals surface area contributed by atoms with Crippen LogP contribution >= 0.6 is 7.82 Å². The monoisotopic (exact) mass is 284 g/mol. The van der Waals surface area contributed by atoms with Crippen molar-refractivity contribution in [2.75, 3.05) is 0 Å². The van der Waals surface area contributed by atoms with Crippen molar-refractivity contribution >= 4 is 7.82 Å². The van der Waals surface area contributed by atoms with Crippen molar-refractivity contribution in [2.24, 2.45) is 0 Å². The molecule has 1 aromatic rings. The molecule has 80 valence electrons. The maximum absolute atomic E-state index is 8.55. The van der Waals surface area contributed by atoms with Crippen molar-refractivity contribution in [3.05, 3.63) is 35.9 Å². The number of phosphoric acid groups is 1. The van der Waals surface area contributed by atoms with Crippen LogP contribution in [0.1, 0.15) is 25.3 Å². The molecule has 1 rings (SSSR count). The summed E-state index contributed by atoms with van der Waals surface area (Å²) < 4.78 is 8.55. The van der Waals surface area contributed by atoms with Gasteiger partial charge < -0.3 is 19.2 Å². The van der Waals surface area contributed by atoms with E-state index >= 15 is 0 Å². The molecule has 8 heteroatoms. The smallest absolute Gasteiger partial charge is 0.822 e. The first-order chi connectivity index (χ1) is 6.30. The van der Waals surface area contributed by atoms with Gasteiger partial charge in [-0.3, -0.25) is 0 Å². The van der Waals surface area contributed by atoms with Gasteiger partial charge in [0.2, 0.25) is 0 Å². The first-order valence-electron chi connectivity index (χ1n) is 4.08. The second kappa shape index (κ2) is 14.7. The summed E-state index contributed by atoms with van der Waals surface area (Å²) in [5, 5.41) is 0. The van der Waals surface area contributed by atoms with Gasteiger partial charge in [0, 0.05) is 0 Å². The van der Waals surface area contributed by atoms with E-state index in [2.05, 4.69) is 38.1 Å². The van der Waals surface area contributed by atoms with E-state index < -0.39 is 7.82 Å². The molecule has 0 N–H and O–H groups in total. The van der Waals surface area contributed by atoms with E-state index in [9.17, 15) is 0 Å². The summed E-state index contributed by atoms with van der Waals surface area (Å²) in [5.41, 5.74) is 1.41. The van der Waals surface area contributed by atoms with Crippen LogP contribution in [0.15, 0.2) is 30.3 Å². The van der Waals surface area contributed by atoms with Gasteiger partial charge in [0.05, 0.1) is 0 Å². The molecule has 0 saturated carbocycles. The zero-order valence-corrected chi connectivity index (χ0v) is 17.9. The molecule has 0 unspecified atom stereocenters. The SMILES string of the molecule is CC(C)c1ccccc1.O=P([O-])([O-])[O-].[Na+].[Na+].[Na+]. The Bertz CT molecular complexity index is 294. The molecule has 0 heterocycles. The summed E-state index contributed by atoms with van der Waals surface area (Å²) in [7, 11) is -5.39. The molecule has 4 nitrogen and oxygen atoms in total. The Morgan fingerprint density at radius 3 is 1.41 bits per heavy atom. The molecule has 1 aromatic carbocycles. The molecular formula is C9H12Na3O4P. The summed E-state index contributed by atoms with van der Waals surface area (Å²) in [6.07, 6.45) is 0. The van der Waals surface area contributed by atoms with Gasteiger partial charge in [-0.15, -0.1) is 0 Å². The van der Waals surface area contributed by atoms with Crippen LogP contribution in [-0.2, 0) is 4.57 Å². The summed E-state index contributed by atoms with van der Waals surface area (Å²) in [6, 6.07) is 10.5. The zero-order chi connectivity index (χ0) is 11.2. The van der Waals surface area contributed by atoms with Crippen LogP contribution in [0.5, 0.6) is 0 Å². The molecule has 0 bridgehead atoms. The Kier molecular flexibility index (Phi) is 24.0. The molecule has 17 heavy (non-hydrogen) atoms. The Hall–Kier alpha value is 2.33. The predicted molar refractivity (Wildman–Crippen MR) is 48.1 cm³/mol. The fourth-order valence-electron chi connectivity index (χ4n) is 0.838. The molecule has 0 amide bonds. The normalized spacial score (nSPS) is 8.82. The summed E-state index contributed by atoms with van der Waals surface area (Å²) in [5.74, 6) is 0.659. The van der Waals surface area contributed by atoms with Gasteiger partial charge in [-0.1, -0.05) is 44.2 Å². The third kappa shape index (κ3) is 23.8. The Morgan fingerprint density at radius 2 is 1.24 bits per heavy atom. The second-order valence-electron chi connectivity index (χ2n) is 3.01. The summed E-state index contributed by atoms with van der Waals surface area (Å²) in [4.78, 5) is 25.6. The third-order valence-corrected chi connectivity index (χ3v) is 1.47. The number of hydrogen-bond acceptors (Lipinski definition) is 4. The minimum atomic E-state index is -5.39. The largest absolute Gasteiger partial charge is 1.00 e. The van der Waals surface area contributed by atoms with Crippen LogP contribution in [0.3, 0.4) is 0 Å². The van der Waals surface area contributed by atoms with E-state index in [1.165, 1.54) is 5.56 Å². The number of rotatable bonds is 1. The number of benzene rings is 1. The number of hydrogen-bond donors (Lipinski definition) is 0. The average Bonchev–Trinajstić information content (AvgIpc) is 2.03. The molecule has 0 atom stereocenters. The molecule has 0 spiro atoms. The molecule has 0 aliphatic rings. The maximum Gasteiger partial charge on any atom is 1.00 e. The van der Waals surface area contributed by atoms with E-state index in [1.807, 2.05) is 6.07 Å². The van der Waals surface area contributed by atoms with E-state index in [1.54, 1.807) is 0 Å². The zero-order valence-electron chi connectivity index (χ0n) is 11.0. The van der Waals surface area contributed by atoms with Crippen LogP contribution in [0.4, 0.5) is 0 Å². The van der Waals surface area contributed by atoms with Crippen molar-refractivity contribution in [3.63, 3.8) is 0 Å². The minimum Gasteiger partial charge on any atom is -0.822 e. The Labute approximate surface area is 169 Å². The first-order valence-corrected chi connectivity index (χ1v) is 5.54. The van der Waals surface area contributed by atoms with Crippen LogP contribution in [0.2, 0.25) is 0 Å². The van der Waals surface area contributed by atoms with Crippen molar-refractivity contribution < 1.29 is 108 Å². The van der Waals surface area contributed by atoms with Crippen molar-refractivity contribution in [3.8, 4) is 0 Å². The topological polar surface area (TPSA) is 86.2 Å².